The Morgan fingerprint density at radius 3 is 1.40 bits per heavy atom. The third-order valence-electron chi connectivity index (χ3n) is 10.6. The summed E-state index contributed by atoms with van der Waals surface area (Å²) in [4.78, 5) is 52.3. The fourth-order valence-corrected chi connectivity index (χ4v) is 7.23. The Morgan fingerprint density at radius 1 is 0.621 bits per heavy atom. The molecule has 318 valence electrons. The van der Waals surface area contributed by atoms with Crippen molar-refractivity contribution in [3.05, 3.63) is 89.0 Å². The molecule has 0 aliphatic carbocycles. The molecule has 2 saturated heterocycles. The number of aryl methyl sites for hydroxylation is 2. The van der Waals surface area contributed by atoms with Gasteiger partial charge in [-0.3, -0.25) is 28.7 Å². The maximum Gasteiger partial charge on any atom is 0.330 e. The van der Waals surface area contributed by atoms with Crippen molar-refractivity contribution in [2.45, 2.75) is 154 Å². The lowest BCUT2D eigenvalue weighted by Crippen LogP contribution is -2.33. The van der Waals surface area contributed by atoms with E-state index in [0.29, 0.717) is 48.9 Å². The molecular formula is C38H56N10O10. The van der Waals surface area contributed by atoms with Crippen LogP contribution in [0.3, 0.4) is 0 Å². The molecule has 2 aliphatic rings. The predicted octanol–water partition coefficient (Wildman–Crippen LogP) is 1.52. The second-order valence-corrected chi connectivity index (χ2v) is 15.3. The van der Waals surface area contributed by atoms with Crippen LogP contribution >= 0.6 is 0 Å². The normalized spacial score (nSPS) is 22.0. The average Bonchev–Trinajstić information content (AvgIpc) is 4.00. The minimum Gasteiger partial charge on any atom is -0.390 e. The van der Waals surface area contributed by atoms with E-state index in [9.17, 15) is 29.4 Å². The van der Waals surface area contributed by atoms with Crippen molar-refractivity contribution in [3.8, 4) is 0 Å². The fraction of sp³-hybridized carbons (Fsp3) is 0.684. The van der Waals surface area contributed by atoms with Gasteiger partial charge in [-0.2, -0.15) is 0 Å². The van der Waals surface area contributed by atoms with E-state index < -0.39 is 59.4 Å². The van der Waals surface area contributed by atoms with Crippen molar-refractivity contribution < 1.29 is 29.2 Å². The molecule has 0 amide bonds. The van der Waals surface area contributed by atoms with E-state index in [1.807, 2.05) is 0 Å². The highest BCUT2D eigenvalue weighted by molar-refractivity contribution is 5.03. The van der Waals surface area contributed by atoms with Crippen molar-refractivity contribution in [2.75, 3.05) is 13.2 Å². The third-order valence-corrected chi connectivity index (χ3v) is 10.6. The van der Waals surface area contributed by atoms with E-state index in [1.54, 1.807) is 35.6 Å². The minimum absolute atomic E-state index is 0.221. The van der Waals surface area contributed by atoms with Crippen molar-refractivity contribution in [1.29, 1.82) is 0 Å². The Balaban J connectivity index is 0.729. The number of ether oxygens (including phenoxy) is 4. The first kappa shape index (κ1) is 43.0. The molecule has 4 aromatic rings. The van der Waals surface area contributed by atoms with Crippen molar-refractivity contribution >= 4 is 0 Å². The molecule has 6 atom stereocenters. The van der Waals surface area contributed by atoms with Crippen LogP contribution in [0.25, 0.3) is 0 Å². The molecule has 4 N–H and O–H groups in total. The molecule has 0 radical (unpaired) electrons. The highest BCUT2D eigenvalue weighted by Crippen LogP contribution is 2.29. The molecule has 20 nitrogen and oxygen atoms in total. The first-order chi connectivity index (χ1) is 28.0. The van der Waals surface area contributed by atoms with Crippen LogP contribution < -0.4 is 22.5 Å². The molecule has 20 heteroatoms. The second kappa shape index (κ2) is 20.9. The predicted molar refractivity (Wildman–Crippen MR) is 207 cm³/mol. The van der Waals surface area contributed by atoms with Gasteiger partial charge in [-0.15, -0.1) is 10.2 Å². The lowest BCUT2D eigenvalue weighted by molar-refractivity contribution is -0.0302. The quantitative estimate of drug-likeness (QED) is 0.0776. The van der Waals surface area contributed by atoms with Gasteiger partial charge in [-0.25, -0.2) is 19.0 Å². The Morgan fingerprint density at radius 2 is 1.00 bits per heavy atom. The summed E-state index contributed by atoms with van der Waals surface area (Å²) in [5.74, 6) is 0. The van der Waals surface area contributed by atoms with E-state index in [1.165, 1.54) is 60.1 Å². The van der Waals surface area contributed by atoms with Gasteiger partial charge in [-0.05, 0) is 26.7 Å². The standard InChI is InChI=1S/C38H56N10O10/c1-25-17-47(37(53)39-35(25)51)33-15-29(49)31(57-33)21-45-19-27(41-43-45)23-55-13-11-9-7-5-3-4-6-8-10-12-14-56-24-28-20-46(44-42-28)22-32-30(50)16-34(58-32)48-18-26(2)36(52)40-38(48)54/h17-20,29-34,49-50H,3-16,21-24H2,1-2H3,(H,39,51,53)(H,40,52,54)/t29-,30-,31-,32-,33-,34-/m1/s1. The first-order valence-electron chi connectivity index (χ1n) is 20.3. The number of rotatable bonds is 23. The molecule has 0 unspecified atom stereocenters. The van der Waals surface area contributed by atoms with Gasteiger partial charge in [0.2, 0.25) is 0 Å². The van der Waals surface area contributed by atoms with Crippen LogP contribution in [0.5, 0.6) is 0 Å². The van der Waals surface area contributed by atoms with Gasteiger partial charge in [0.15, 0.2) is 0 Å². The average molecular weight is 813 g/mol. The van der Waals surface area contributed by atoms with Gasteiger partial charge in [-0.1, -0.05) is 61.8 Å². The molecule has 6 heterocycles. The number of aliphatic hydroxyl groups is 2. The highest BCUT2D eigenvalue weighted by Gasteiger charge is 2.37. The molecule has 4 aromatic heterocycles. The lowest BCUT2D eigenvalue weighted by Gasteiger charge is -2.16. The van der Waals surface area contributed by atoms with Gasteiger partial charge in [0, 0.05) is 49.6 Å². The van der Waals surface area contributed by atoms with Gasteiger partial charge in [0.25, 0.3) is 11.1 Å². The largest absolute Gasteiger partial charge is 0.390 e. The molecule has 0 saturated carbocycles. The second-order valence-electron chi connectivity index (χ2n) is 15.3. The summed E-state index contributed by atoms with van der Waals surface area (Å²) in [6.45, 7) is 5.76. The molecule has 6 rings (SSSR count). The fourth-order valence-electron chi connectivity index (χ4n) is 7.23. The molecule has 0 aromatic carbocycles. The summed E-state index contributed by atoms with van der Waals surface area (Å²) in [5, 5.41) is 37.6. The van der Waals surface area contributed by atoms with Crippen molar-refractivity contribution in [1.82, 2.24) is 49.1 Å². The number of nitrogens with one attached hydrogen (secondary N) is 2. The summed E-state index contributed by atoms with van der Waals surface area (Å²) < 4.78 is 29.3. The van der Waals surface area contributed by atoms with Crippen molar-refractivity contribution in [3.63, 3.8) is 0 Å². The zero-order valence-corrected chi connectivity index (χ0v) is 33.2. The number of hydrogen-bond donors (Lipinski definition) is 4. The Labute approximate surface area is 334 Å². The molecule has 58 heavy (non-hydrogen) atoms. The smallest absolute Gasteiger partial charge is 0.330 e. The van der Waals surface area contributed by atoms with Crippen LogP contribution in [0.15, 0.2) is 44.0 Å². The zero-order chi connectivity index (χ0) is 41.0. The Kier molecular flexibility index (Phi) is 15.5. The van der Waals surface area contributed by atoms with E-state index in [2.05, 4.69) is 30.6 Å². The topological polar surface area (TPSA) is 249 Å². The maximum atomic E-state index is 12.2. The van der Waals surface area contributed by atoms with E-state index in [0.717, 1.165) is 25.7 Å². The van der Waals surface area contributed by atoms with Gasteiger partial charge < -0.3 is 29.2 Å². The summed E-state index contributed by atoms with van der Waals surface area (Å²) in [5.41, 5.74) is 0.124. The van der Waals surface area contributed by atoms with Gasteiger partial charge >= 0.3 is 11.4 Å². The first-order valence-corrected chi connectivity index (χ1v) is 20.3. The molecule has 2 fully saturated rings. The Hall–Kier alpha value is -4.60. The van der Waals surface area contributed by atoms with Crippen LogP contribution in [-0.4, -0.2) is 96.9 Å². The van der Waals surface area contributed by atoms with Gasteiger partial charge in [0.1, 0.15) is 36.1 Å². The van der Waals surface area contributed by atoms with Crippen LogP contribution in [-0.2, 0) is 45.3 Å². The van der Waals surface area contributed by atoms with E-state index >= 15 is 0 Å². The van der Waals surface area contributed by atoms with E-state index in [4.69, 9.17) is 18.9 Å². The van der Waals surface area contributed by atoms with Crippen LogP contribution in [0.2, 0.25) is 0 Å². The number of aromatic nitrogens is 10. The zero-order valence-electron chi connectivity index (χ0n) is 33.2. The monoisotopic (exact) mass is 812 g/mol. The van der Waals surface area contributed by atoms with Crippen LogP contribution in [0.4, 0.5) is 0 Å². The van der Waals surface area contributed by atoms with Gasteiger partial charge in [0.05, 0.1) is 50.9 Å². The van der Waals surface area contributed by atoms with Crippen LogP contribution in [0.1, 0.15) is 112 Å². The summed E-state index contributed by atoms with van der Waals surface area (Å²) >= 11 is 0. The number of aromatic amines is 2. The maximum absolute atomic E-state index is 12.2. The summed E-state index contributed by atoms with van der Waals surface area (Å²) in [6, 6.07) is 0. The molecule has 2 aliphatic heterocycles. The van der Waals surface area contributed by atoms with Crippen molar-refractivity contribution in [2.24, 2.45) is 0 Å². The number of unbranched alkanes of at least 4 members (excludes halogenated alkanes) is 9. The Bertz CT molecular complexity index is 1990. The molecular weight excluding hydrogens is 756 g/mol. The number of hydrogen-bond acceptors (Lipinski definition) is 14. The number of aliphatic hydroxyl groups excluding tert-OH is 2. The minimum atomic E-state index is -0.800. The number of H-pyrrole nitrogens is 2. The highest BCUT2D eigenvalue weighted by atomic mass is 16.5. The molecule has 0 spiro atoms. The summed E-state index contributed by atoms with van der Waals surface area (Å²) in [6.07, 6.45) is 14.2. The third kappa shape index (κ3) is 12.0. The SMILES string of the molecule is Cc1cn([C@H]2C[C@@H](O)[C@@H](Cn3cc(COCCCCCCCCCCCCOCc4cn(C[C@H]5O[C@@H](n6cc(C)c(=O)[nH]c6=O)C[C@H]5O)nn4)nn3)O2)c(=O)[nH]c1=O. The van der Waals surface area contributed by atoms with Crippen LogP contribution in [0, 0.1) is 13.8 Å². The lowest BCUT2D eigenvalue weighted by atomic mass is 10.1. The summed E-state index contributed by atoms with van der Waals surface area (Å²) in [7, 11) is 0. The van der Waals surface area contributed by atoms with E-state index in [-0.39, 0.29) is 25.9 Å². The molecule has 0 bridgehead atoms. The number of nitrogens with zero attached hydrogens (tertiary/aromatic N) is 8.